The SMILES string of the molecule is Cc1cc(N(CC(C)C)C(C)C)cc(C(=O)O)c1N. The molecule has 0 aliphatic heterocycles. The Morgan fingerprint density at radius 3 is 2.32 bits per heavy atom. The maximum atomic E-state index is 11.2. The van der Waals surface area contributed by atoms with Gasteiger partial charge in [-0.1, -0.05) is 13.8 Å². The lowest BCUT2D eigenvalue weighted by Gasteiger charge is -2.31. The summed E-state index contributed by atoms with van der Waals surface area (Å²) in [6.45, 7) is 11.2. The Bertz CT molecular complexity index is 467. The number of nitrogens with two attached hydrogens (primary N) is 1. The monoisotopic (exact) mass is 264 g/mol. The minimum absolute atomic E-state index is 0.185. The first-order chi connectivity index (χ1) is 8.73. The van der Waals surface area contributed by atoms with E-state index in [1.807, 2.05) is 13.0 Å². The molecule has 0 unspecified atom stereocenters. The van der Waals surface area contributed by atoms with E-state index in [-0.39, 0.29) is 5.56 Å². The molecule has 0 spiro atoms. The molecule has 1 rings (SSSR count). The number of hydrogen-bond acceptors (Lipinski definition) is 3. The molecule has 0 aliphatic rings. The Kier molecular flexibility index (Phi) is 4.81. The van der Waals surface area contributed by atoms with Gasteiger partial charge in [0.15, 0.2) is 0 Å². The average molecular weight is 264 g/mol. The molecule has 106 valence electrons. The van der Waals surface area contributed by atoms with Crippen molar-refractivity contribution in [2.45, 2.75) is 40.7 Å². The number of aromatic carboxylic acids is 1. The van der Waals surface area contributed by atoms with E-state index in [0.29, 0.717) is 17.6 Å². The molecule has 4 heteroatoms. The van der Waals surface area contributed by atoms with Crippen LogP contribution in [0, 0.1) is 12.8 Å². The number of anilines is 2. The number of aryl methyl sites for hydroxylation is 1. The zero-order valence-corrected chi connectivity index (χ0v) is 12.4. The molecule has 0 saturated heterocycles. The molecule has 19 heavy (non-hydrogen) atoms. The van der Waals surface area contributed by atoms with Gasteiger partial charge in [-0.25, -0.2) is 4.79 Å². The van der Waals surface area contributed by atoms with Crippen molar-refractivity contribution in [2.24, 2.45) is 5.92 Å². The highest BCUT2D eigenvalue weighted by molar-refractivity contribution is 5.95. The van der Waals surface area contributed by atoms with E-state index in [2.05, 4.69) is 32.6 Å². The first-order valence-corrected chi connectivity index (χ1v) is 6.64. The summed E-state index contributed by atoms with van der Waals surface area (Å²) >= 11 is 0. The van der Waals surface area contributed by atoms with Crippen molar-refractivity contribution in [1.29, 1.82) is 0 Å². The van der Waals surface area contributed by atoms with Gasteiger partial charge in [-0.2, -0.15) is 0 Å². The van der Waals surface area contributed by atoms with Gasteiger partial charge in [-0.05, 0) is 44.4 Å². The Morgan fingerprint density at radius 2 is 1.89 bits per heavy atom. The van der Waals surface area contributed by atoms with Gasteiger partial charge in [-0.3, -0.25) is 0 Å². The number of rotatable bonds is 5. The molecule has 0 heterocycles. The van der Waals surface area contributed by atoms with Crippen LogP contribution < -0.4 is 10.6 Å². The molecular weight excluding hydrogens is 240 g/mol. The minimum Gasteiger partial charge on any atom is -0.478 e. The van der Waals surface area contributed by atoms with Crippen molar-refractivity contribution >= 4 is 17.3 Å². The lowest BCUT2D eigenvalue weighted by Crippen LogP contribution is -2.34. The van der Waals surface area contributed by atoms with Crippen LogP contribution in [0.15, 0.2) is 12.1 Å². The van der Waals surface area contributed by atoms with Crippen LogP contribution in [0.25, 0.3) is 0 Å². The van der Waals surface area contributed by atoms with Gasteiger partial charge >= 0.3 is 5.97 Å². The van der Waals surface area contributed by atoms with Gasteiger partial charge in [0.05, 0.1) is 5.56 Å². The minimum atomic E-state index is -0.976. The van der Waals surface area contributed by atoms with Crippen molar-refractivity contribution in [3.05, 3.63) is 23.3 Å². The number of hydrogen-bond donors (Lipinski definition) is 2. The third-order valence-electron chi connectivity index (χ3n) is 3.12. The predicted molar refractivity (Wildman–Crippen MR) is 79.9 cm³/mol. The van der Waals surface area contributed by atoms with Gasteiger partial charge in [0, 0.05) is 24.0 Å². The Hall–Kier alpha value is -1.71. The number of carboxylic acid groups (broad SMARTS) is 1. The molecule has 0 saturated carbocycles. The van der Waals surface area contributed by atoms with Gasteiger partial charge in [0.1, 0.15) is 0 Å². The van der Waals surface area contributed by atoms with E-state index < -0.39 is 5.97 Å². The van der Waals surface area contributed by atoms with Crippen molar-refractivity contribution < 1.29 is 9.90 Å². The van der Waals surface area contributed by atoms with Crippen LogP contribution >= 0.6 is 0 Å². The van der Waals surface area contributed by atoms with Crippen LogP contribution in [0.4, 0.5) is 11.4 Å². The van der Waals surface area contributed by atoms with E-state index >= 15 is 0 Å². The number of carboxylic acids is 1. The van der Waals surface area contributed by atoms with Gasteiger partial charge in [0.2, 0.25) is 0 Å². The molecule has 0 radical (unpaired) electrons. The van der Waals surface area contributed by atoms with Crippen LogP contribution in [-0.2, 0) is 0 Å². The van der Waals surface area contributed by atoms with E-state index in [1.165, 1.54) is 0 Å². The summed E-state index contributed by atoms with van der Waals surface area (Å²) in [6.07, 6.45) is 0. The first kappa shape index (κ1) is 15.3. The smallest absolute Gasteiger partial charge is 0.337 e. The lowest BCUT2D eigenvalue weighted by atomic mass is 10.0. The zero-order valence-electron chi connectivity index (χ0n) is 12.4. The molecule has 0 bridgehead atoms. The van der Waals surface area contributed by atoms with E-state index in [0.717, 1.165) is 17.8 Å². The van der Waals surface area contributed by atoms with Crippen molar-refractivity contribution in [3.63, 3.8) is 0 Å². The standard InChI is InChI=1S/C15H24N2O2/c1-9(2)8-17(10(3)4)12-6-11(5)14(16)13(7-12)15(18)19/h6-7,9-10H,8,16H2,1-5H3,(H,18,19). The molecule has 0 aliphatic carbocycles. The fraction of sp³-hybridized carbons (Fsp3) is 0.533. The Balaban J connectivity index is 3.28. The number of nitrogens with zero attached hydrogens (tertiary/aromatic N) is 1. The van der Waals surface area contributed by atoms with Crippen molar-refractivity contribution in [1.82, 2.24) is 0 Å². The molecule has 0 amide bonds. The summed E-state index contributed by atoms with van der Waals surface area (Å²) in [7, 11) is 0. The fourth-order valence-corrected chi connectivity index (χ4v) is 2.13. The van der Waals surface area contributed by atoms with Crippen LogP contribution in [0.2, 0.25) is 0 Å². The molecule has 4 nitrogen and oxygen atoms in total. The van der Waals surface area contributed by atoms with E-state index in [4.69, 9.17) is 5.73 Å². The molecule has 0 aromatic heterocycles. The van der Waals surface area contributed by atoms with Crippen molar-refractivity contribution in [2.75, 3.05) is 17.2 Å². The van der Waals surface area contributed by atoms with Gasteiger partial charge < -0.3 is 15.7 Å². The molecule has 1 aromatic rings. The molecule has 0 atom stereocenters. The highest BCUT2D eigenvalue weighted by Crippen LogP contribution is 2.27. The Labute approximate surface area is 115 Å². The number of nitrogen functional groups attached to an aromatic ring is 1. The maximum absolute atomic E-state index is 11.2. The zero-order chi connectivity index (χ0) is 14.7. The van der Waals surface area contributed by atoms with E-state index in [1.54, 1.807) is 6.07 Å². The molecule has 0 fully saturated rings. The summed E-state index contributed by atoms with van der Waals surface area (Å²) in [5.41, 5.74) is 8.10. The third-order valence-corrected chi connectivity index (χ3v) is 3.12. The molecule has 1 aromatic carbocycles. The van der Waals surface area contributed by atoms with Gasteiger partial charge in [0.25, 0.3) is 0 Å². The van der Waals surface area contributed by atoms with Gasteiger partial charge in [-0.15, -0.1) is 0 Å². The van der Waals surface area contributed by atoms with Crippen LogP contribution in [0.1, 0.15) is 43.6 Å². The lowest BCUT2D eigenvalue weighted by molar-refractivity contribution is 0.0698. The van der Waals surface area contributed by atoms with Crippen molar-refractivity contribution in [3.8, 4) is 0 Å². The fourth-order valence-electron chi connectivity index (χ4n) is 2.13. The maximum Gasteiger partial charge on any atom is 0.337 e. The third kappa shape index (κ3) is 3.63. The summed E-state index contributed by atoms with van der Waals surface area (Å²) in [5, 5.41) is 9.22. The summed E-state index contributed by atoms with van der Waals surface area (Å²) in [4.78, 5) is 13.5. The molecular formula is C15H24N2O2. The quantitative estimate of drug-likeness (QED) is 0.802. The normalized spacial score (nSPS) is 11.1. The number of carbonyl (C=O) groups is 1. The average Bonchev–Trinajstić information content (AvgIpc) is 2.28. The largest absolute Gasteiger partial charge is 0.478 e. The predicted octanol–water partition coefficient (Wildman–Crippen LogP) is 3.15. The Morgan fingerprint density at radius 1 is 1.32 bits per heavy atom. The second kappa shape index (κ2) is 5.95. The number of benzene rings is 1. The summed E-state index contributed by atoms with van der Waals surface area (Å²) < 4.78 is 0. The van der Waals surface area contributed by atoms with Crippen LogP contribution in [0.5, 0.6) is 0 Å². The van der Waals surface area contributed by atoms with Crippen LogP contribution in [-0.4, -0.2) is 23.7 Å². The highest BCUT2D eigenvalue weighted by Gasteiger charge is 2.17. The first-order valence-electron chi connectivity index (χ1n) is 6.64. The topological polar surface area (TPSA) is 66.6 Å². The summed E-state index contributed by atoms with van der Waals surface area (Å²) in [6, 6.07) is 3.95. The van der Waals surface area contributed by atoms with E-state index in [9.17, 15) is 9.90 Å². The second-order valence-electron chi connectivity index (χ2n) is 5.67. The highest BCUT2D eigenvalue weighted by atomic mass is 16.4. The van der Waals surface area contributed by atoms with Crippen LogP contribution in [0.3, 0.4) is 0 Å². The second-order valence-corrected chi connectivity index (χ2v) is 5.67. The molecule has 3 N–H and O–H groups in total. The summed E-state index contributed by atoms with van der Waals surface area (Å²) in [5.74, 6) is -0.468.